The van der Waals surface area contributed by atoms with Crippen LogP contribution in [-0.2, 0) is 19.5 Å². The van der Waals surface area contributed by atoms with E-state index in [1.54, 1.807) is 24.8 Å². The molecule has 0 aromatic carbocycles. The number of nitrogens with zero attached hydrogens (tertiary/aromatic N) is 8. The standard InChI is InChI=1S/C40H24N8.Zn/c1-5-25(21-41-17-1)37-29-9-11-31(45-29)38(26-6-2-18-42-22-26)33-13-15-35(47-33)40(28-8-4-20-44-24-28)36-16-14-34(48-36)39(27-7-3-19-43-23-27)32-12-10-30(37)46-32;/h1-24H;/q-2;+2. The third-order valence-corrected chi connectivity index (χ3v) is 8.41. The van der Waals surface area contributed by atoms with Crippen molar-refractivity contribution < 1.29 is 19.5 Å². The van der Waals surface area contributed by atoms with E-state index in [9.17, 15) is 0 Å². The molecule has 8 nitrogen and oxygen atoms in total. The Morgan fingerprint density at radius 2 is 0.612 bits per heavy atom. The number of fused-ring (bicyclic) bond motifs is 8. The molecule has 0 spiro atoms. The zero-order chi connectivity index (χ0) is 31.9. The predicted octanol–water partition coefficient (Wildman–Crippen LogP) is 8.16. The maximum absolute atomic E-state index is 5.23. The Labute approximate surface area is 294 Å². The minimum absolute atomic E-state index is 0. The van der Waals surface area contributed by atoms with Crippen LogP contribution in [0.15, 0.2) is 122 Å². The van der Waals surface area contributed by atoms with E-state index in [0.717, 1.165) is 89.4 Å². The van der Waals surface area contributed by atoms with Gasteiger partial charge in [0.1, 0.15) is 0 Å². The van der Waals surface area contributed by atoms with Gasteiger partial charge in [0.25, 0.3) is 0 Å². The molecule has 7 aromatic rings. The summed E-state index contributed by atoms with van der Waals surface area (Å²) >= 11 is 0. The molecule has 0 N–H and O–H groups in total. The average Bonchev–Trinajstić information content (AvgIpc) is 3.98. The van der Waals surface area contributed by atoms with Gasteiger partial charge >= 0.3 is 19.5 Å². The molecule has 9 heteroatoms. The summed E-state index contributed by atoms with van der Waals surface area (Å²) in [6.45, 7) is 0. The molecule has 2 aliphatic heterocycles. The van der Waals surface area contributed by atoms with Crippen molar-refractivity contribution in [2.24, 2.45) is 0 Å². The van der Waals surface area contributed by atoms with Gasteiger partial charge in [0.2, 0.25) is 0 Å². The van der Waals surface area contributed by atoms with Crippen LogP contribution in [0.3, 0.4) is 0 Å². The first-order chi connectivity index (χ1) is 23.8. The number of pyridine rings is 4. The zero-order valence-corrected chi connectivity index (χ0v) is 29.1. The van der Waals surface area contributed by atoms with Crippen LogP contribution in [0.1, 0.15) is 22.8 Å². The summed E-state index contributed by atoms with van der Waals surface area (Å²) in [5.41, 5.74) is 13.4. The monoisotopic (exact) mass is 680 g/mol. The van der Waals surface area contributed by atoms with Gasteiger partial charge in [0, 0.05) is 71.8 Å². The Balaban J connectivity index is 0.00000348. The average molecular weight is 682 g/mol. The number of hydrogen-bond acceptors (Lipinski definition) is 6. The molecule has 0 unspecified atom stereocenters. The van der Waals surface area contributed by atoms with Crippen molar-refractivity contribution in [1.82, 2.24) is 39.9 Å². The van der Waals surface area contributed by atoms with E-state index >= 15 is 0 Å². The smallest absolute Gasteiger partial charge is 0.657 e. The van der Waals surface area contributed by atoms with Crippen LogP contribution in [0.5, 0.6) is 0 Å². The summed E-state index contributed by atoms with van der Waals surface area (Å²) < 4.78 is 0. The summed E-state index contributed by atoms with van der Waals surface area (Å²) in [5.74, 6) is 0. The first kappa shape index (κ1) is 30.2. The van der Waals surface area contributed by atoms with Gasteiger partial charge in [0.05, 0.1) is 22.8 Å². The normalized spacial score (nSPS) is 11.8. The van der Waals surface area contributed by atoms with Crippen molar-refractivity contribution in [2.75, 3.05) is 0 Å². The fraction of sp³-hybridized carbons (Fsp3) is 0. The maximum Gasteiger partial charge on any atom is 2.00 e. The molecule has 0 amide bonds. The van der Waals surface area contributed by atoms with Gasteiger partial charge in [-0.25, -0.2) is 9.97 Å². The third-order valence-electron chi connectivity index (χ3n) is 8.41. The molecule has 0 saturated carbocycles. The molecule has 9 rings (SSSR count). The Morgan fingerprint density at radius 1 is 0.347 bits per heavy atom. The van der Waals surface area contributed by atoms with E-state index in [1.165, 1.54) is 0 Å². The van der Waals surface area contributed by atoms with Gasteiger partial charge in [-0.15, -0.1) is 22.1 Å². The first-order valence-corrected chi connectivity index (χ1v) is 15.5. The van der Waals surface area contributed by atoms with Crippen LogP contribution in [0.2, 0.25) is 0 Å². The predicted molar refractivity (Wildman–Crippen MR) is 190 cm³/mol. The van der Waals surface area contributed by atoms with E-state index < -0.39 is 0 Å². The SMILES string of the molecule is C1=Cc2nc1c(-c1cccnc1)c1ccc([n-]1)c(-c1cccnc1)c1nc(c(-c3cccnc3)c3ccc([n-]3)c2-c2cccnc2)C=C1.[Zn+2]. The molecular weight excluding hydrogens is 658 g/mol. The van der Waals surface area contributed by atoms with Gasteiger partial charge in [-0.05, 0) is 70.8 Å². The summed E-state index contributed by atoms with van der Waals surface area (Å²) in [6.07, 6.45) is 22.6. The molecule has 0 saturated heterocycles. The molecule has 0 aliphatic carbocycles. The molecule has 2 aliphatic rings. The van der Waals surface area contributed by atoms with Gasteiger partial charge in [-0.2, -0.15) is 0 Å². The second-order valence-electron chi connectivity index (χ2n) is 11.3. The van der Waals surface area contributed by atoms with Crippen molar-refractivity contribution in [1.29, 1.82) is 0 Å². The largest absolute Gasteiger partial charge is 2.00 e. The van der Waals surface area contributed by atoms with Crippen molar-refractivity contribution in [3.05, 3.63) is 145 Å². The third kappa shape index (κ3) is 5.50. The maximum atomic E-state index is 5.23. The summed E-state index contributed by atoms with van der Waals surface area (Å²) in [7, 11) is 0. The summed E-state index contributed by atoms with van der Waals surface area (Å²) in [6, 6.07) is 24.0. The van der Waals surface area contributed by atoms with Crippen molar-refractivity contribution in [2.45, 2.75) is 0 Å². The van der Waals surface area contributed by atoms with Crippen LogP contribution >= 0.6 is 0 Å². The van der Waals surface area contributed by atoms with Gasteiger partial charge in [-0.3, -0.25) is 19.9 Å². The molecule has 9 heterocycles. The Bertz CT molecular complexity index is 2190. The summed E-state index contributed by atoms with van der Waals surface area (Å²) in [4.78, 5) is 38.7. The summed E-state index contributed by atoms with van der Waals surface area (Å²) in [5, 5.41) is 0. The quantitative estimate of drug-likeness (QED) is 0.171. The molecule has 0 atom stereocenters. The van der Waals surface area contributed by atoms with Crippen LogP contribution < -0.4 is 9.97 Å². The van der Waals surface area contributed by atoms with E-state index in [1.807, 2.05) is 122 Å². The molecule has 8 bridgehead atoms. The van der Waals surface area contributed by atoms with Gasteiger partial charge in [-0.1, -0.05) is 48.5 Å². The van der Waals surface area contributed by atoms with Crippen molar-refractivity contribution in [3.8, 4) is 44.5 Å². The van der Waals surface area contributed by atoms with Crippen LogP contribution in [0.4, 0.5) is 0 Å². The second-order valence-corrected chi connectivity index (χ2v) is 11.3. The fourth-order valence-electron chi connectivity index (χ4n) is 6.31. The molecule has 0 fully saturated rings. The van der Waals surface area contributed by atoms with Gasteiger partial charge in [0.15, 0.2) is 0 Å². The first-order valence-electron chi connectivity index (χ1n) is 15.5. The zero-order valence-electron chi connectivity index (χ0n) is 26.1. The van der Waals surface area contributed by atoms with E-state index in [-0.39, 0.29) is 19.5 Å². The van der Waals surface area contributed by atoms with Gasteiger partial charge < -0.3 is 9.97 Å². The Morgan fingerprint density at radius 3 is 0.837 bits per heavy atom. The number of rotatable bonds is 4. The minimum atomic E-state index is 0. The van der Waals surface area contributed by atoms with Crippen LogP contribution in [-0.4, -0.2) is 29.9 Å². The fourth-order valence-corrected chi connectivity index (χ4v) is 6.31. The van der Waals surface area contributed by atoms with Crippen molar-refractivity contribution >= 4 is 46.4 Å². The molecular formula is C40H24N8Zn. The van der Waals surface area contributed by atoms with E-state index in [2.05, 4.69) is 19.9 Å². The molecule has 226 valence electrons. The minimum Gasteiger partial charge on any atom is -0.657 e. The number of hydrogen-bond donors (Lipinski definition) is 0. The topological polar surface area (TPSA) is 106 Å². The molecule has 49 heavy (non-hydrogen) atoms. The molecule has 7 aromatic heterocycles. The van der Waals surface area contributed by atoms with E-state index in [4.69, 9.17) is 19.9 Å². The van der Waals surface area contributed by atoms with Crippen molar-refractivity contribution in [3.63, 3.8) is 0 Å². The molecule has 0 radical (unpaired) electrons. The second kappa shape index (κ2) is 12.8. The van der Waals surface area contributed by atoms with Crippen LogP contribution in [0.25, 0.3) is 90.9 Å². The number of aromatic nitrogens is 8. The van der Waals surface area contributed by atoms with E-state index in [0.29, 0.717) is 0 Å². The Kier molecular flexibility index (Phi) is 7.88. The Hall–Kier alpha value is -6.18. The van der Waals surface area contributed by atoms with Crippen LogP contribution in [0, 0.1) is 0 Å².